The molecule has 2 unspecified atom stereocenters. The normalized spacial score (nSPS) is 23.6. The van der Waals surface area contributed by atoms with Crippen molar-refractivity contribution in [2.45, 2.75) is 38.0 Å². The molecule has 2 N–H and O–H groups in total. The van der Waals surface area contributed by atoms with Crippen LogP contribution in [0.2, 0.25) is 0 Å². The van der Waals surface area contributed by atoms with Gasteiger partial charge in [0, 0.05) is 12.6 Å². The molecule has 1 aliphatic rings. The number of rotatable bonds is 6. The second-order valence-electron chi connectivity index (χ2n) is 5.46. The molecule has 0 spiro atoms. The van der Waals surface area contributed by atoms with Crippen LogP contribution in [-0.4, -0.2) is 27.5 Å². The van der Waals surface area contributed by atoms with Crippen molar-refractivity contribution in [2.24, 2.45) is 5.92 Å². The van der Waals surface area contributed by atoms with Gasteiger partial charge in [-0.05, 0) is 30.9 Å². The van der Waals surface area contributed by atoms with Gasteiger partial charge in [-0.2, -0.15) is 0 Å². The Bertz CT molecular complexity index is 502. The van der Waals surface area contributed by atoms with E-state index in [0.717, 1.165) is 18.5 Å². The first kappa shape index (κ1) is 15.5. The van der Waals surface area contributed by atoms with Crippen LogP contribution >= 0.6 is 0 Å². The summed E-state index contributed by atoms with van der Waals surface area (Å²) in [6.07, 6.45) is 3.47. The van der Waals surface area contributed by atoms with Crippen LogP contribution < -0.4 is 10.0 Å². The fraction of sp³-hybridized carbons (Fsp3) is 0.600. The Morgan fingerprint density at radius 3 is 2.75 bits per heavy atom. The van der Waals surface area contributed by atoms with Gasteiger partial charge in [0.2, 0.25) is 10.0 Å². The van der Waals surface area contributed by atoms with Crippen molar-refractivity contribution in [2.75, 3.05) is 13.1 Å². The zero-order valence-corrected chi connectivity index (χ0v) is 12.8. The lowest BCUT2D eigenvalue weighted by Gasteiger charge is -2.32. The van der Waals surface area contributed by atoms with Crippen LogP contribution in [0.25, 0.3) is 0 Å². The Kier molecular flexibility index (Phi) is 5.57. The van der Waals surface area contributed by atoms with E-state index in [4.69, 9.17) is 0 Å². The third kappa shape index (κ3) is 4.58. The maximum absolute atomic E-state index is 12.1. The van der Waals surface area contributed by atoms with Crippen molar-refractivity contribution in [3.63, 3.8) is 0 Å². The van der Waals surface area contributed by atoms with E-state index in [1.165, 1.54) is 12.8 Å². The maximum Gasteiger partial charge on any atom is 0.215 e. The summed E-state index contributed by atoms with van der Waals surface area (Å²) in [6.45, 7) is 3.65. The van der Waals surface area contributed by atoms with Gasteiger partial charge in [0.25, 0.3) is 0 Å². The zero-order valence-electron chi connectivity index (χ0n) is 12.0. The van der Waals surface area contributed by atoms with Crippen LogP contribution in [-0.2, 0) is 15.8 Å². The molecule has 2 rings (SSSR count). The molecular weight excluding hydrogens is 272 g/mol. The summed E-state index contributed by atoms with van der Waals surface area (Å²) in [5, 5.41) is 3.43. The van der Waals surface area contributed by atoms with Gasteiger partial charge in [-0.15, -0.1) is 0 Å². The number of hydrogen-bond acceptors (Lipinski definition) is 3. The SMILES string of the molecule is CCC1CCCNC1CNS(=O)(=O)Cc1ccccc1. The van der Waals surface area contributed by atoms with E-state index in [-0.39, 0.29) is 11.8 Å². The Morgan fingerprint density at radius 1 is 1.30 bits per heavy atom. The summed E-state index contributed by atoms with van der Waals surface area (Å²) in [5.41, 5.74) is 0.823. The van der Waals surface area contributed by atoms with Gasteiger partial charge in [-0.1, -0.05) is 43.7 Å². The minimum Gasteiger partial charge on any atom is -0.312 e. The summed E-state index contributed by atoms with van der Waals surface area (Å²) in [7, 11) is -3.26. The van der Waals surface area contributed by atoms with Gasteiger partial charge in [0.05, 0.1) is 5.75 Å². The van der Waals surface area contributed by atoms with Crippen molar-refractivity contribution < 1.29 is 8.42 Å². The van der Waals surface area contributed by atoms with Gasteiger partial charge >= 0.3 is 0 Å². The monoisotopic (exact) mass is 296 g/mol. The highest BCUT2D eigenvalue weighted by atomic mass is 32.2. The highest BCUT2D eigenvalue weighted by molar-refractivity contribution is 7.88. The Hall–Kier alpha value is -0.910. The zero-order chi connectivity index (χ0) is 14.4. The van der Waals surface area contributed by atoms with Crippen LogP contribution in [0.15, 0.2) is 30.3 Å². The van der Waals surface area contributed by atoms with Gasteiger partial charge in [-0.25, -0.2) is 13.1 Å². The lowest BCUT2D eigenvalue weighted by molar-refractivity contribution is 0.273. The van der Waals surface area contributed by atoms with Crippen LogP contribution in [0.1, 0.15) is 31.7 Å². The van der Waals surface area contributed by atoms with Gasteiger partial charge < -0.3 is 5.32 Å². The molecular formula is C15H24N2O2S. The van der Waals surface area contributed by atoms with Gasteiger partial charge in [0.1, 0.15) is 0 Å². The van der Waals surface area contributed by atoms with E-state index in [2.05, 4.69) is 17.0 Å². The molecule has 0 radical (unpaired) electrons. The second kappa shape index (κ2) is 7.20. The Balaban J connectivity index is 1.88. The van der Waals surface area contributed by atoms with Crippen molar-refractivity contribution in [3.05, 3.63) is 35.9 Å². The van der Waals surface area contributed by atoms with Crippen LogP contribution in [0.3, 0.4) is 0 Å². The van der Waals surface area contributed by atoms with E-state index >= 15 is 0 Å². The number of piperidine rings is 1. The lowest BCUT2D eigenvalue weighted by atomic mass is 9.89. The summed E-state index contributed by atoms with van der Waals surface area (Å²) in [4.78, 5) is 0. The van der Waals surface area contributed by atoms with Crippen molar-refractivity contribution in [1.29, 1.82) is 0 Å². The number of benzene rings is 1. The standard InChI is InChI=1S/C15H24N2O2S/c1-2-14-9-6-10-16-15(14)11-17-20(18,19)12-13-7-4-3-5-8-13/h3-5,7-8,14-17H,2,6,9-12H2,1H3. The molecule has 20 heavy (non-hydrogen) atoms. The first-order valence-corrected chi connectivity index (χ1v) is 9.00. The highest BCUT2D eigenvalue weighted by Crippen LogP contribution is 2.19. The van der Waals surface area contributed by atoms with Crippen molar-refractivity contribution >= 4 is 10.0 Å². The molecule has 0 aliphatic carbocycles. The summed E-state index contributed by atoms with van der Waals surface area (Å²) in [5.74, 6) is 0.625. The predicted molar refractivity (Wildman–Crippen MR) is 81.9 cm³/mol. The van der Waals surface area contributed by atoms with E-state index < -0.39 is 10.0 Å². The summed E-state index contributed by atoms with van der Waals surface area (Å²) in [6, 6.07) is 9.56. The quantitative estimate of drug-likeness (QED) is 0.843. The Morgan fingerprint density at radius 2 is 2.05 bits per heavy atom. The smallest absolute Gasteiger partial charge is 0.215 e. The third-order valence-corrected chi connectivity index (χ3v) is 5.29. The van der Waals surface area contributed by atoms with Crippen molar-refractivity contribution in [1.82, 2.24) is 10.0 Å². The maximum atomic E-state index is 12.1. The van der Waals surface area contributed by atoms with Crippen LogP contribution in [0, 0.1) is 5.92 Å². The van der Waals surface area contributed by atoms with Gasteiger partial charge in [-0.3, -0.25) is 0 Å². The number of sulfonamides is 1. The molecule has 1 fully saturated rings. The molecule has 1 heterocycles. The van der Waals surface area contributed by atoms with Crippen molar-refractivity contribution in [3.8, 4) is 0 Å². The molecule has 0 bridgehead atoms. The largest absolute Gasteiger partial charge is 0.312 e. The molecule has 1 aliphatic heterocycles. The molecule has 1 aromatic rings. The first-order chi connectivity index (χ1) is 9.61. The fourth-order valence-corrected chi connectivity index (χ4v) is 3.98. The molecule has 0 saturated carbocycles. The van der Waals surface area contributed by atoms with E-state index in [9.17, 15) is 8.42 Å². The predicted octanol–water partition coefficient (Wildman–Crippen LogP) is 1.88. The summed E-state index contributed by atoms with van der Waals surface area (Å²) >= 11 is 0. The lowest BCUT2D eigenvalue weighted by Crippen LogP contribution is -2.48. The summed E-state index contributed by atoms with van der Waals surface area (Å²) < 4.78 is 26.9. The Labute approximate surface area is 122 Å². The molecule has 1 saturated heterocycles. The van der Waals surface area contributed by atoms with Crippen LogP contribution in [0.4, 0.5) is 0 Å². The van der Waals surface area contributed by atoms with E-state index in [1.54, 1.807) is 0 Å². The second-order valence-corrected chi connectivity index (χ2v) is 7.27. The highest BCUT2D eigenvalue weighted by Gasteiger charge is 2.24. The minimum absolute atomic E-state index is 0.0529. The fourth-order valence-electron chi connectivity index (χ4n) is 2.81. The molecule has 4 nitrogen and oxygen atoms in total. The average Bonchev–Trinajstić information content (AvgIpc) is 2.46. The molecule has 5 heteroatoms. The molecule has 1 aromatic carbocycles. The average molecular weight is 296 g/mol. The topological polar surface area (TPSA) is 58.2 Å². The van der Waals surface area contributed by atoms with Gasteiger partial charge in [0.15, 0.2) is 0 Å². The first-order valence-electron chi connectivity index (χ1n) is 7.35. The van der Waals surface area contributed by atoms with E-state index in [0.29, 0.717) is 12.5 Å². The third-order valence-electron chi connectivity index (χ3n) is 3.97. The minimum atomic E-state index is -3.26. The van der Waals surface area contributed by atoms with Crippen LogP contribution in [0.5, 0.6) is 0 Å². The molecule has 2 atom stereocenters. The molecule has 0 aromatic heterocycles. The number of hydrogen-bond donors (Lipinski definition) is 2. The molecule has 0 amide bonds. The molecule has 112 valence electrons. The van der Waals surface area contributed by atoms with E-state index in [1.807, 2.05) is 30.3 Å². The number of nitrogens with one attached hydrogen (secondary N) is 2.